The average molecular weight is 284 g/mol. The number of hydrogen-bond donors (Lipinski definition) is 1. The molecule has 0 amide bonds. The maximum absolute atomic E-state index is 6.01. The summed E-state index contributed by atoms with van der Waals surface area (Å²) in [5.74, 6) is 1.82. The van der Waals surface area contributed by atoms with Crippen LogP contribution in [-0.4, -0.2) is 9.97 Å². The van der Waals surface area contributed by atoms with Gasteiger partial charge in [-0.15, -0.1) is 0 Å². The molecule has 0 radical (unpaired) electrons. The monoisotopic (exact) mass is 283 g/mol. The normalized spacial score (nSPS) is 10.4. The van der Waals surface area contributed by atoms with Gasteiger partial charge in [0.15, 0.2) is 0 Å². The number of aryl methyl sites for hydroxylation is 1. The first kappa shape index (κ1) is 12.9. The molecule has 0 aliphatic heterocycles. The van der Waals surface area contributed by atoms with Crippen molar-refractivity contribution in [2.75, 3.05) is 5.73 Å². The van der Waals surface area contributed by atoms with Gasteiger partial charge < -0.3 is 10.5 Å². The van der Waals surface area contributed by atoms with Crippen molar-refractivity contribution >= 4 is 29.0 Å². The van der Waals surface area contributed by atoms with Crippen LogP contribution in [0.25, 0.3) is 0 Å². The van der Waals surface area contributed by atoms with Crippen LogP contribution in [0, 0.1) is 0 Å². The van der Waals surface area contributed by atoms with E-state index in [4.69, 9.17) is 33.7 Å². The minimum atomic E-state index is 0.363. The highest BCUT2D eigenvalue weighted by Crippen LogP contribution is 2.31. The van der Waals surface area contributed by atoms with E-state index in [0.717, 1.165) is 0 Å². The Bertz CT molecular complexity index is 575. The van der Waals surface area contributed by atoms with E-state index >= 15 is 0 Å². The van der Waals surface area contributed by atoms with E-state index in [9.17, 15) is 0 Å². The molecule has 0 saturated carbocycles. The highest BCUT2D eigenvalue weighted by Gasteiger charge is 2.07. The van der Waals surface area contributed by atoms with Crippen molar-refractivity contribution in [3.8, 4) is 11.6 Å². The lowest BCUT2D eigenvalue weighted by molar-refractivity contribution is 0.459. The van der Waals surface area contributed by atoms with Gasteiger partial charge in [-0.3, -0.25) is 0 Å². The molecule has 0 bridgehead atoms. The van der Waals surface area contributed by atoms with Crippen molar-refractivity contribution in [2.45, 2.75) is 13.3 Å². The fraction of sp³-hybridized carbons (Fsp3) is 0.167. The molecule has 18 heavy (non-hydrogen) atoms. The number of anilines is 1. The third-order valence-corrected chi connectivity index (χ3v) is 2.72. The zero-order chi connectivity index (χ0) is 13.1. The van der Waals surface area contributed by atoms with Crippen LogP contribution in [0.4, 0.5) is 5.82 Å². The molecule has 0 unspecified atom stereocenters. The summed E-state index contributed by atoms with van der Waals surface area (Å²) in [6.45, 7) is 1.94. The number of nitrogens with zero attached hydrogens (tertiary/aromatic N) is 2. The molecular formula is C12H11Cl2N3O. The second kappa shape index (κ2) is 5.42. The molecule has 94 valence electrons. The molecule has 1 aromatic heterocycles. The number of hydrogen-bond acceptors (Lipinski definition) is 4. The van der Waals surface area contributed by atoms with E-state index in [2.05, 4.69) is 9.97 Å². The Morgan fingerprint density at radius 3 is 2.67 bits per heavy atom. The van der Waals surface area contributed by atoms with Crippen molar-refractivity contribution in [1.82, 2.24) is 9.97 Å². The molecule has 0 aliphatic rings. The van der Waals surface area contributed by atoms with Crippen LogP contribution >= 0.6 is 23.2 Å². The van der Waals surface area contributed by atoms with Gasteiger partial charge in [-0.1, -0.05) is 30.1 Å². The van der Waals surface area contributed by atoms with Crippen molar-refractivity contribution < 1.29 is 4.74 Å². The van der Waals surface area contributed by atoms with Crippen LogP contribution in [0.3, 0.4) is 0 Å². The smallest absolute Gasteiger partial charge is 0.224 e. The van der Waals surface area contributed by atoms with Gasteiger partial charge in [0.1, 0.15) is 17.4 Å². The third kappa shape index (κ3) is 3.03. The summed E-state index contributed by atoms with van der Waals surface area (Å²) < 4.78 is 5.57. The molecule has 0 aliphatic carbocycles. The van der Waals surface area contributed by atoms with E-state index in [0.29, 0.717) is 39.7 Å². The van der Waals surface area contributed by atoms with Gasteiger partial charge in [0.2, 0.25) is 5.88 Å². The minimum absolute atomic E-state index is 0.363. The lowest BCUT2D eigenvalue weighted by Crippen LogP contribution is -2.00. The molecule has 4 nitrogen and oxygen atoms in total. The van der Waals surface area contributed by atoms with Crippen LogP contribution in [0.15, 0.2) is 24.3 Å². The van der Waals surface area contributed by atoms with Crippen LogP contribution in [0.2, 0.25) is 10.0 Å². The topological polar surface area (TPSA) is 61.0 Å². The quantitative estimate of drug-likeness (QED) is 0.933. The zero-order valence-corrected chi connectivity index (χ0v) is 11.2. The number of rotatable bonds is 3. The summed E-state index contributed by atoms with van der Waals surface area (Å²) in [5.41, 5.74) is 5.67. The standard InChI is InChI=1S/C12H11Cl2N3O/c1-2-11-16-10(15)6-12(17-11)18-9-4-3-7(13)5-8(9)14/h3-6H,2H2,1H3,(H2,15,16,17). The summed E-state index contributed by atoms with van der Waals surface area (Å²) in [4.78, 5) is 8.27. The molecule has 0 spiro atoms. The Balaban J connectivity index is 2.30. The van der Waals surface area contributed by atoms with E-state index in [1.54, 1.807) is 24.3 Å². The van der Waals surface area contributed by atoms with Crippen molar-refractivity contribution in [2.24, 2.45) is 0 Å². The number of benzene rings is 1. The largest absolute Gasteiger partial charge is 0.437 e. The lowest BCUT2D eigenvalue weighted by atomic mass is 10.3. The van der Waals surface area contributed by atoms with Gasteiger partial charge in [0.05, 0.1) is 5.02 Å². The molecule has 2 aromatic rings. The number of aromatic nitrogens is 2. The van der Waals surface area contributed by atoms with Crippen molar-refractivity contribution in [1.29, 1.82) is 0 Å². The van der Waals surface area contributed by atoms with Gasteiger partial charge in [-0.05, 0) is 18.2 Å². The molecule has 6 heteroatoms. The minimum Gasteiger partial charge on any atom is -0.437 e. The Hall–Kier alpha value is -1.52. The predicted octanol–water partition coefficient (Wildman–Crippen LogP) is 3.72. The second-order valence-corrected chi connectivity index (χ2v) is 4.42. The Labute approximate surface area is 115 Å². The van der Waals surface area contributed by atoms with Gasteiger partial charge in [0.25, 0.3) is 0 Å². The molecule has 0 fully saturated rings. The number of nitrogen functional groups attached to an aromatic ring is 1. The number of ether oxygens (including phenoxy) is 1. The first-order chi connectivity index (χ1) is 8.58. The summed E-state index contributed by atoms with van der Waals surface area (Å²) in [6.07, 6.45) is 0.676. The van der Waals surface area contributed by atoms with E-state index < -0.39 is 0 Å². The number of halogens is 2. The Morgan fingerprint density at radius 2 is 2.00 bits per heavy atom. The van der Waals surface area contributed by atoms with Gasteiger partial charge in [0, 0.05) is 17.5 Å². The van der Waals surface area contributed by atoms with Gasteiger partial charge in [-0.2, -0.15) is 4.98 Å². The summed E-state index contributed by atoms with van der Waals surface area (Å²) >= 11 is 11.8. The maximum Gasteiger partial charge on any atom is 0.224 e. The molecule has 2 N–H and O–H groups in total. The van der Waals surface area contributed by atoms with Crippen LogP contribution < -0.4 is 10.5 Å². The Kier molecular flexibility index (Phi) is 3.89. The SMILES string of the molecule is CCc1nc(N)cc(Oc2ccc(Cl)cc2Cl)n1. The van der Waals surface area contributed by atoms with E-state index in [-0.39, 0.29) is 0 Å². The van der Waals surface area contributed by atoms with Crippen molar-refractivity contribution in [3.05, 3.63) is 40.1 Å². The molecular weight excluding hydrogens is 273 g/mol. The maximum atomic E-state index is 6.01. The zero-order valence-electron chi connectivity index (χ0n) is 9.65. The summed E-state index contributed by atoms with van der Waals surface area (Å²) in [6, 6.07) is 6.51. The molecule has 1 aromatic carbocycles. The van der Waals surface area contributed by atoms with Crippen LogP contribution in [-0.2, 0) is 6.42 Å². The summed E-state index contributed by atoms with van der Waals surface area (Å²) in [5, 5.41) is 0.960. The highest BCUT2D eigenvalue weighted by atomic mass is 35.5. The van der Waals surface area contributed by atoms with Crippen molar-refractivity contribution in [3.63, 3.8) is 0 Å². The number of nitrogens with two attached hydrogens (primary N) is 1. The second-order valence-electron chi connectivity index (χ2n) is 3.58. The summed E-state index contributed by atoms with van der Waals surface area (Å²) in [7, 11) is 0. The molecule has 0 atom stereocenters. The highest BCUT2D eigenvalue weighted by molar-refractivity contribution is 6.35. The van der Waals surface area contributed by atoms with E-state index in [1.807, 2.05) is 6.92 Å². The average Bonchev–Trinajstić information content (AvgIpc) is 2.32. The molecule has 0 saturated heterocycles. The van der Waals surface area contributed by atoms with Gasteiger partial charge >= 0.3 is 0 Å². The fourth-order valence-electron chi connectivity index (χ4n) is 1.37. The van der Waals surface area contributed by atoms with Crippen LogP contribution in [0.5, 0.6) is 11.6 Å². The van der Waals surface area contributed by atoms with E-state index in [1.165, 1.54) is 0 Å². The predicted molar refractivity (Wildman–Crippen MR) is 72.4 cm³/mol. The molecule has 1 heterocycles. The molecule has 2 rings (SSSR count). The third-order valence-electron chi connectivity index (χ3n) is 2.19. The fourth-order valence-corrected chi connectivity index (χ4v) is 1.82. The first-order valence-corrected chi connectivity index (χ1v) is 6.10. The Morgan fingerprint density at radius 1 is 1.22 bits per heavy atom. The van der Waals surface area contributed by atoms with Crippen LogP contribution in [0.1, 0.15) is 12.7 Å². The first-order valence-electron chi connectivity index (χ1n) is 5.35. The van der Waals surface area contributed by atoms with Gasteiger partial charge in [-0.25, -0.2) is 4.98 Å². The lowest BCUT2D eigenvalue weighted by Gasteiger charge is -2.08.